The number of rotatable bonds is 4. The zero-order valence-corrected chi connectivity index (χ0v) is 12.8. The van der Waals surface area contributed by atoms with Gasteiger partial charge in [-0.2, -0.15) is 5.26 Å². The first kappa shape index (κ1) is 15.1. The fourth-order valence-corrected chi connectivity index (χ4v) is 2.90. The molecule has 0 unspecified atom stereocenters. The van der Waals surface area contributed by atoms with Crippen molar-refractivity contribution in [2.24, 2.45) is 0 Å². The van der Waals surface area contributed by atoms with Crippen molar-refractivity contribution in [1.82, 2.24) is 0 Å². The Labute approximate surface area is 129 Å². The van der Waals surface area contributed by atoms with Crippen LogP contribution >= 0.6 is 11.8 Å². The van der Waals surface area contributed by atoms with Crippen LogP contribution in [-0.4, -0.2) is 5.91 Å². The number of nitrogens with one attached hydrogen (secondary N) is 1. The summed E-state index contributed by atoms with van der Waals surface area (Å²) in [5.74, 6) is 0.792. The SMILES string of the molecule is CC(=O)Nc1ccc(SCc2ccc(C#N)cc2C)cc1. The van der Waals surface area contributed by atoms with Crippen molar-refractivity contribution in [3.8, 4) is 6.07 Å². The molecule has 0 radical (unpaired) electrons. The van der Waals surface area contributed by atoms with Gasteiger partial charge < -0.3 is 5.32 Å². The van der Waals surface area contributed by atoms with Crippen molar-refractivity contribution >= 4 is 23.4 Å². The molecule has 0 saturated carbocycles. The third-order valence-electron chi connectivity index (χ3n) is 3.04. The molecule has 0 bridgehead atoms. The highest BCUT2D eigenvalue weighted by Gasteiger charge is 2.02. The van der Waals surface area contributed by atoms with E-state index in [9.17, 15) is 4.79 Å². The molecule has 0 fully saturated rings. The Morgan fingerprint density at radius 3 is 2.52 bits per heavy atom. The average molecular weight is 296 g/mol. The molecule has 106 valence electrons. The molecule has 21 heavy (non-hydrogen) atoms. The zero-order chi connectivity index (χ0) is 15.2. The van der Waals surface area contributed by atoms with Crippen LogP contribution in [0, 0.1) is 18.3 Å². The maximum absolute atomic E-state index is 11.0. The largest absolute Gasteiger partial charge is 0.326 e. The van der Waals surface area contributed by atoms with E-state index in [1.165, 1.54) is 12.5 Å². The first-order valence-electron chi connectivity index (χ1n) is 6.58. The molecule has 0 atom stereocenters. The highest BCUT2D eigenvalue weighted by molar-refractivity contribution is 7.98. The second-order valence-electron chi connectivity index (χ2n) is 4.75. The molecule has 0 heterocycles. The van der Waals surface area contributed by atoms with Gasteiger partial charge in [0, 0.05) is 23.3 Å². The number of carbonyl (C=O) groups is 1. The van der Waals surface area contributed by atoms with Crippen LogP contribution in [0.25, 0.3) is 0 Å². The van der Waals surface area contributed by atoms with Gasteiger partial charge in [-0.25, -0.2) is 0 Å². The quantitative estimate of drug-likeness (QED) is 0.864. The first-order chi connectivity index (χ1) is 10.1. The molecule has 0 aliphatic rings. The summed E-state index contributed by atoms with van der Waals surface area (Å²) in [6.07, 6.45) is 0. The van der Waals surface area contributed by atoms with Crippen molar-refractivity contribution in [2.45, 2.75) is 24.5 Å². The van der Waals surface area contributed by atoms with Crippen LogP contribution in [-0.2, 0) is 10.5 Å². The van der Waals surface area contributed by atoms with E-state index in [0.29, 0.717) is 5.56 Å². The number of hydrogen-bond donors (Lipinski definition) is 1. The third-order valence-corrected chi connectivity index (χ3v) is 4.10. The molecule has 2 rings (SSSR count). The topological polar surface area (TPSA) is 52.9 Å². The second-order valence-corrected chi connectivity index (χ2v) is 5.80. The van der Waals surface area contributed by atoms with Gasteiger partial charge in [0.2, 0.25) is 5.91 Å². The molecular weight excluding hydrogens is 280 g/mol. The molecule has 0 aliphatic carbocycles. The highest BCUT2D eigenvalue weighted by Crippen LogP contribution is 2.26. The standard InChI is InChI=1S/C17H16N2OS/c1-12-9-14(10-18)3-4-15(12)11-21-17-7-5-16(6-8-17)19-13(2)20/h3-9H,11H2,1-2H3,(H,19,20). The Morgan fingerprint density at radius 2 is 1.95 bits per heavy atom. The summed E-state index contributed by atoms with van der Waals surface area (Å²) in [7, 11) is 0. The lowest BCUT2D eigenvalue weighted by Gasteiger charge is -2.07. The molecule has 1 N–H and O–H groups in total. The smallest absolute Gasteiger partial charge is 0.221 e. The van der Waals surface area contributed by atoms with Gasteiger partial charge in [-0.1, -0.05) is 6.07 Å². The van der Waals surface area contributed by atoms with Crippen LogP contribution in [0.3, 0.4) is 0 Å². The van der Waals surface area contributed by atoms with E-state index >= 15 is 0 Å². The maximum Gasteiger partial charge on any atom is 0.221 e. The number of aryl methyl sites for hydroxylation is 1. The number of thioether (sulfide) groups is 1. The van der Waals surface area contributed by atoms with E-state index in [2.05, 4.69) is 11.4 Å². The van der Waals surface area contributed by atoms with Crippen LogP contribution in [0.15, 0.2) is 47.4 Å². The summed E-state index contributed by atoms with van der Waals surface area (Å²) in [5, 5.41) is 11.6. The van der Waals surface area contributed by atoms with Gasteiger partial charge in [0.05, 0.1) is 11.6 Å². The fraction of sp³-hybridized carbons (Fsp3) is 0.176. The van der Waals surface area contributed by atoms with Crippen LogP contribution in [0.5, 0.6) is 0 Å². The minimum atomic E-state index is -0.0661. The summed E-state index contributed by atoms with van der Waals surface area (Å²) >= 11 is 1.73. The summed E-state index contributed by atoms with van der Waals surface area (Å²) in [6.45, 7) is 3.52. The van der Waals surface area contributed by atoms with Crippen LogP contribution in [0.1, 0.15) is 23.6 Å². The molecular formula is C17H16N2OS. The Morgan fingerprint density at radius 1 is 1.24 bits per heavy atom. The number of amides is 1. The molecule has 0 aliphatic heterocycles. The zero-order valence-electron chi connectivity index (χ0n) is 12.0. The third kappa shape index (κ3) is 4.37. The van der Waals surface area contributed by atoms with Gasteiger partial charge in [-0.3, -0.25) is 4.79 Å². The van der Waals surface area contributed by atoms with Crippen molar-refractivity contribution in [3.63, 3.8) is 0 Å². The Bertz CT molecular complexity index is 687. The van der Waals surface area contributed by atoms with E-state index in [1.807, 2.05) is 49.4 Å². The summed E-state index contributed by atoms with van der Waals surface area (Å²) < 4.78 is 0. The molecule has 0 spiro atoms. The molecule has 1 amide bonds. The van der Waals surface area contributed by atoms with Crippen LogP contribution in [0.2, 0.25) is 0 Å². The van der Waals surface area contributed by atoms with Crippen molar-refractivity contribution in [2.75, 3.05) is 5.32 Å². The minimum Gasteiger partial charge on any atom is -0.326 e. The highest BCUT2D eigenvalue weighted by atomic mass is 32.2. The van der Waals surface area contributed by atoms with Gasteiger partial charge in [0.15, 0.2) is 0 Å². The monoisotopic (exact) mass is 296 g/mol. The molecule has 2 aromatic carbocycles. The minimum absolute atomic E-state index is 0.0661. The van der Waals surface area contributed by atoms with Crippen LogP contribution in [0.4, 0.5) is 5.69 Å². The molecule has 4 heteroatoms. The molecule has 0 aromatic heterocycles. The van der Waals surface area contributed by atoms with E-state index in [4.69, 9.17) is 5.26 Å². The van der Waals surface area contributed by atoms with Gasteiger partial charge in [0.25, 0.3) is 0 Å². The number of anilines is 1. The Kier molecular flexibility index (Phi) is 5.02. The average Bonchev–Trinajstić information content (AvgIpc) is 2.47. The van der Waals surface area contributed by atoms with Crippen molar-refractivity contribution in [1.29, 1.82) is 5.26 Å². The molecule has 3 nitrogen and oxygen atoms in total. The van der Waals surface area contributed by atoms with Gasteiger partial charge >= 0.3 is 0 Å². The molecule has 2 aromatic rings. The number of nitrogens with zero attached hydrogens (tertiary/aromatic N) is 1. The lowest BCUT2D eigenvalue weighted by Crippen LogP contribution is -2.05. The predicted molar refractivity (Wildman–Crippen MR) is 86.2 cm³/mol. The number of hydrogen-bond acceptors (Lipinski definition) is 3. The van der Waals surface area contributed by atoms with Crippen molar-refractivity contribution in [3.05, 3.63) is 59.2 Å². The number of carbonyl (C=O) groups excluding carboxylic acids is 1. The molecule has 0 saturated heterocycles. The Balaban J connectivity index is 2.00. The number of nitriles is 1. The lowest BCUT2D eigenvalue weighted by molar-refractivity contribution is -0.114. The van der Waals surface area contributed by atoms with Gasteiger partial charge in [-0.15, -0.1) is 11.8 Å². The normalized spacial score (nSPS) is 9.95. The summed E-state index contributed by atoms with van der Waals surface area (Å²) in [4.78, 5) is 12.1. The summed E-state index contributed by atoms with van der Waals surface area (Å²) in [5.41, 5.74) is 3.86. The van der Waals surface area contributed by atoms with E-state index in [1.54, 1.807) is 11.8 Å². The lowest BCUT2D eigenvalue weighted by atomic mass is 10.1. The fourth-order valence-electron chi connectivity index (χ4n) is 1.93. The second kappa shape index (κ2) is 6.96. The van der Waals surface area contributed by atoms with Crippen molar-refractivity contribution < 1.29 is 4.79 Å². The summed E-state index contributed by atoms with van der Waals surface area (Å²) in [6, 6.07) is 15.7. The van der Waals surface area contributed by atoms with Gasteiger partial charge in [0.1, 0.15) is 0 Å². The van der Waals surface area contributed by atoms with E-state index in [0.717, 1.165) is 21.9 Å². The van der Waals surface area contributed by atoms with Crippen LogP contribution < -0.4 is 5.32 Å². The van der Waals surface area contributed by atoms with E-state index < -0.39 is 0 Å². The predicted octanol–water partition coefficient (Wildman–Crippen LogP) is 4.12. The first-order valence-corrected chi connectivity index (χ1v) is 7.57. The van der Waals surface area contributed by atoms with E-state index in [-0.39, 0.29) is 5.91 Å². The number of benzene rings is 2. The van der Waals surface area contributed by atoms with Gasteiger partial charge in [-0.05, 0) is 54.4 Å². The Hall–Kier alpha value is -2.25. The maximum atomic E-state index is 11.0.